The molecule has 0 amide bonds. The van der Waals surface area contributed by atoms with Crippen molar-refractivity contribution in [2.24, 2.45) is 0 Å². The molecular weight excluding hydrogens is 194 g/mol. The summed E-state index contributed by atoms with van der Waals surface area (Å²) in [5.74, 6) is 0.113. The Morgan fingerprint density at radius 2 is 2.40 bits per heavy atom. The van der Waals surface area contributed by atoms with E-state index < -0.39 is 5.97 Å². The fraction of sp³-hybridized carbons (Fsp3) is 0.545. The van der Waals surface area contributed by atoms with E-state index in [1.807, 2.05) is 26.0 Å². The number of nitrogens with zero attached hydrogens (tertiary/aromatic N) is 1. The summed E-state index contributed by atoms with van der Waals surface area (Å²) < 4.78 is 5.30. The molecule has 1 aromatic heterocycles. The zero-order valence-corrected chi connectivity index (χ0v) is 9.14. The van der Waals surface area contributed by atoms with Gasteiger partial charge in [0.25, 0.3) is 0 Å². The van der Waals surface area contributed by atoms with Gasteiger partial charge in [0.2, 0.25) is 0 Å². The van der Waals surface area contributed by atoms with Crippen molar-refractivity contribution in [1.29, 1.82) is 0 Å². The second-order valence-electron chi connectivity index (χ2n) is 3.46. The molecule has 1 rings (SSSR count). The van der Waals surface area contributed by atoms with E-state index in [4.69, 9.17) is 9.52 Å². The maximum Gasteiger partial charge on any atom is 0.304 e. The van der Waals surface area contributed by atoms with E-state index in [1.165, 1.54) is 0 Å². The molecule has 0 aliphatic carbocycles. The van der Waals surface area contributed by atoms with Crippen LogP contribution in [0.5, 0.6) is 0 Å². The van der Waals surface area contributed by atoms with Gasteiger partial charge in [-0.3, -0.25) is 9.69 Å². The highest BCUT2D eigenvalue weighted by atomic mass is 16.4. The van der Waals surface area contributed by atoms with E-state index in [2.05, 4.69) is 4.90 Å². The van der Waals surface area contributed by atoms with Gasteiger partial charge in [0, 0.05) is 6.54 Å². The highest BCUT2D eigenvalue weighted by Crippen LogP contribution is 2.20. The van der Waals surface area contributed by atoms with Crippen LogP contribution < -0.4 is 0 Å². The number of hydrogen-bond acceptors (Lipinski definition) is 3. The summed E-state index contributed by atoms with van der Waals surface area (Å²) in [6, 6.07) is 3.88. The van der Waals surface area contributed by atoms with Crippen molar-refractivity contribution < 1.29 is 14.3 Å². The molecule has 0 radical (unpaired) electrons. The lowest BCUT2D eigenvalue weighted by Gasteiger charge is -2.25. The standard InChI is InChI=1S/C11H17NO3/c1-3-12(7-6-11(13)14)9(2)10-5-4-8-15-10/h4-5,8-9H,3,6-7H2,1-2H3,(H,13,14). The van der Waals surface area contributed by atoms with Crippen LogP contribution in [0, 0.1) is 0 Å². The Morgan fingerprint density at radius 1 is 1.67 bits per heavy atom. The van der Waals surface area contributed by atoms with Crippen molar-refractivity contribution in [3.8, 4) is 0 Å². The van der Waals surface area contributed by atoms with Gasteiger partial charge in [-0.25, -0.2) is 0 Å². The first kappa shape index (κ1) is 11.8. The summed E-state index contributed by atoms with van der Waals surface area (Å²) >= 11 is 0. The third kappa shape index (κ3) is 3.40. The van der Waals surface area contributed by atoms with Gasteiger partial charge in [-0.1, -0.05) is 6.92 Å². The smallest absolute Gasteiger partial charge is 0.304 e. The van der Waals surface area contributed by atoms with Crippen molar-refractivity contribution in [2.75, 3.05) is 13.1 Å². The van der Waals surface area contributed by atoms with Crippen molar-refractivity contribution in [3.63, 3.8) is 0 Å². The zero-order valence-electron chi connectivity index (χ0n) is 9.14. The second-order valence-corrected chi connectivity index (χ2v) is 3.46. The molecule has 0 saturated carbocycles. The third-order valence-electron chi connectivity index (χ3n) is 2.52. The van der Waals surface area contributed by atoms with E-state index in [9.17, 15) is 4.79 Å². The molecule has 0 bridgehead atoms. The van der Waals surface area contributed by atoms with Gasteiger partial charge in [-0.15, -0.1) is 0 Å². The molecule has 1 N–H and O–H groups in total. The SMILES string of the molecule is CCN(CCC(=O)O)C(C)c1ccco1. The zero-order chi connectivity index (χ0) is 11.3. The second kappa shape index (κ2) is 5.56. The molecule has 0 aromatic carbocycles. The summed E-state index contributed by atoms with van der Waals surface area (Å²) in [6.07, 6.45) is 1.80. The van der Waals surface area contributed by atoms with Crippen LogP contribution in [0.4, 0.5) is 0 Å². The van der Waals surface area contributed by atoms with Crippen molar-refractivity contribution in [1.82, 2.24) is 4.90 Å². The molecule has 1 aromatic rings. The molecule has 84 valence electrons. The lowest BCUT2D eigenvalue weighted by Crippen LogP contribution is -2.29. The normalized spacial score (nSPS) is 13.0. The van der Waals surface area contributed by atoms with E-state index in [-0.39, 0.29) is 12.5 Å². The quantitative estimate of drug-likeness (QED) is 0.783. The van der Waals surface area contributed by atoms with Crippen LogP contribution in [0.3, 0.4) is 0 Å². The molecule has 4 nitrogen and oxygen atoms in total. The molecule has 15 heavy (non-hydrogen) atoms. The molecule has 0 aliphatic heterocycles. The number of carboxylic acids is 1. The average Bonchev–Trinajstić information content (AvgIpc) is 2.70. The van der Waals surface area contributed by atoms with Crippen molar-refractivity contribution in [2.45, 2.75) is 26.3 Å². The van der Waals surface area contributed by atoms with E-state index >= 15 is 0 Å². The van der Waals surface area contributed by atoms with E-state index in [0.29, 0.717) is 6.54 Å². The summed E-state index contributed by atoms with van der Waals surface area (Å²) in [7, 11) is 0. The minimum absolute atomic E-state index is 0.129. The van der Waals surface area contributed by atoms with Crippen molar-refractivity contribution in [3.05, 3.63) is 24.2 Å². The molecule has 0 spiro atoms. The van der Waals surface area contributed by atoms with Gasteiger partial charge in [-0.2, -0.15) is 0 Å². The van der Waals surface area contributed by atoms with Gasteiger partial charge < -0.3 is 9.52 Å². The van der Waals surface area contributed by atoms with Gasteiger partial charge in [0.1, 0.15) is 5.76 Å². The number of carbonyl (C=O) groups is 1. The lowest BCUT2D eigenvalue weighted by atomic mass is 10.2. The Bertz CT molecular complexity index is 295. The minimum atomic E-state index is -0.764. The fourth-order valence-corrected chi connectivity index (χ4v) is 1.57. The molecule has 0 fully saturated rings. The molecule has 1 heterocycles. The lowest BCUT2D eigenvalue weighted by molar-refractivity contribution is -0.137. The molecule has 1 unspecified atom stereocenters. The van der Waals surface area contributed by atoms with E-state index in [0.717, 1.165) is 12.3 Å². The van der Waals surface area contributed by atoms with Gasteiger partial charge in [0.05, 0.1) is 18.7 Å². The van der Waals surface area contributed by atoms with Crippen LogP contribution in [0.2, 0.25) is 0 Å². The monoisotopic (exact) mass is 211 g/mol. The summed E-state index contributed by atoms with van der Waals surface area (Å²) in [6.45, 7) is 5.40. The number of rotatable bonds is 6. The molecule has 4 heteroatoms. The Balaban J connectivity index is 2.54. The predicted octanol–water partition coefficient (Wildman–Crippen LogP) is 2.14. The first-order valence-electron chi connectivity index (χ1n) is 5.14. The van der Waals surface area contributed by atoms with Crippen LogP contribution in [-0.2, 0) is 4.79 Å². The molecule has 0 aliphatic rings. The maximum absolute atomic E-state index is 10.5. The summed E-state index contributed by atoms with van der Waals surface area (Å²) in [4.78, 5) is 12.6. The maximum atomic E-state index is 10.5. The van der Waals surface area contributed by atoms with Crippen LogP contribution in [0.25, 0.3) is 0 Å². The first-order valence-corrected chi connectivity index (χ1v) is 5.14. The third-order valence-corrected chi connectivity index (χ3v) is 2.52. The van der Waals surface area contributed by atoms with Crippen LogP contribution in [-0.4, -0.2) is 29.1 Å². The summed E-state index contributed by atoms with van der Waals surface area (Å²) in [5, 5.41) is 8.62. The van der Waals surface area contributed by atoms with Gasteiger partial charge in [0.15, 0.2) is 0 Å². The number of hydrogen-bond donors (Lipinski definition) is 1. The number of aliphatic carboxylic acids is 1. The van der Waals surface area contributed by atoms with Crippen molar-refractivity contribution >= 4 is 5.97 Å². The highest BCUT2D eigenvalue weighted by Gasteiger charge is 2.16. The largest absolute Gasteiger partial charge is 0.481 e. The Kier molecular flexibility index (Phi) is 4.37. The number of furan rings is 1. The number of carboxylic acid groups (broad SMARTS) is 1. The van der Waals surface area contributed by atoms with Crippen LogP contribution in [0.15, 0.2) is 22.8 Å². The van der Waals surface area contributed by atoms with E-state index in [1.54, 1.807) is 6.26 Å². The highest BCUT2D eigenvalue weighted by molar-refractivity contribution is 5.66. The molecule has 0 saturated heterocycles. The Labute approximate surface area is 89.5 Å². The summed E-state index contributed by atoms with van der Waals surface area (Å²) in [5.41, 5.74) is 0. The first-order chi connectivity index (χ1) is 7.15. The van der Waals surface area contributed by atoms with Gasteiger partial charge in [-0.05, 0) is 25.6 Å². The topological polar surface area (TPSA) is 53.7 Å². The predicted molar refractivity (Wildman–Crippen MR) is 56.6 cm³/mol. The minimum Gasteiger partial charge on any atom is -0.481 e. The Hall–Kier alpha value is -1.29. The Morgan fingerprint density at radius 3 is 2.87 bits per heavy atom. The van der Waals surface area contributed by atoms with Gasteiger partial charge >= 0.3 is 5.97 Å². The molecule has 1 atom stereocenters. The van der Waals surface area contributed by atoms with Crippen LogP contribution in [0.1, 0.15) is 32.1 Å². The fourth-order valence-electron chi connectivity index (χ4n) is 1.57. The average molecular weight is 211 g/mol. The molecular formula is C11H17NO3. The van der Waals surface area contributed by atoms with Crippen LogP contribution >= 0.6 is 0 Å².